The maximum Gasteiger partial charge on any atom is 0.446 e. The minimum absolute atomic E-state index is 0. The number of esters is 2. The number of aromatic amines is 1. The Morgan fingerprint density at radius 2 is 1.05 bits per heavy atom. The van der Waals surface area contributed by atoms with Gasteiger partial charge in [0.15, 0.2) is 11.3 Å². The van der Waals surface area contributed by atoms with E-state index in [2.05, 4.69) is 59.3 Å². The molecule has 0 aliphatic heterocycles. The number of unbranched alkanes of at least 4 members (excludes halogenated alkanes) is 6. The second-order valence-corrected chi connectivity index (χ2v) is 18.9. The molecule has 0 unspecified atom stereocenters. The molecule has 84 heavy (non-hydrogen) atoms. The van der Waals surface area contributed by atoms with Gasteiger partial charge in [0.25, 0.3) is 0 Å². The number of anilines is 4. The molecule has 0 spiro atoms. The van der Waals surface area contributed by atoms with Crippen molar-refractivity contribution in [1.82, 2.24) is 39.5 Å². The molecule has 21 heteroatoms. The SMILES string of the molecule is C.COC(=O)CCCCCCOc1ccc(Nc2nc(Cc3ccccc3)c3[nH]cnc3n2)cc1.COC(=O)CCCCCCOc1ccc(Nc2nc(Cc3ccccc3)c3ncn(Cc4ccc(OC)cc4)c3n2)cc1.O=CC(F)(F)F. The van der Waals surface area contributed by atoms with Crippen LogP contribution < -0.4 is 24.8 Å². The number of carbonyl (C=O) groups excluding carboxylic acids is 3. The number of carbonyl (C=O) groups is 3. The Morgan fingerprint density at radius 1 is 0.571 bits per heavy atom. The van der Waals surface area contributed by atoms with E-state index in [1.807, 2.05) is 120 Å². The normalized spacial score (nSPS) is 10.8. The number of ether oxygens (including phenoxy) is 5. The van der Waals surface area contributed by atoms with Gasteiger partial charge in [-0.1, -0.05) is 106 Å². The van der Waals surface area contributed by atoms with E-state index in [4.69, 9.17) is 38.9 Å². The average Bonchev–Trinajstić information content (AvgIpc) is 4.33. The summed E-state index contributed by atoms with van der Waals surface area (Å²) in [5.74, 6) is 3.16. The van der Waals surface area contributed by atoms with Crippen LogP contribution in [0.15, 0.2) is 146 Å². The highest BCUT2D eigenvalue weighted by Gasteiger charge is 2.25. The number of aldehydes is 1. The fraction of sp³-hybridized carbons (Fsp3) is 0.317. The number of nitrogens with zero attached hydrogens (tertiary/aromatic N) is 7. The van der Waals surface area contributed by atoms with Gasteiger partial charge in [-0.3, -0.25) is 14.4 Å². The topological polar surface area (TPSA) is 219 Å². The Labute approximate surface area is 486 Å². The number of hydrogen-bond acceptors (Lipinski definition) is 16. The molecule has 0 aliphatic carbocycles. The minimum Gasteiger partial charge on any atom is -0.497 e. The van der Waals surface area contributed by atoms with E-state index in [0.29, 0.717) is 63.0 Å². The van der Waals surface area contributed by atoms with Crippen molar-refractivity contribution in [3.8, 4) is 17.2 Å². The summed E-state index contributed by atoms with van der Waals surface area (Å²) >= 11 is 0. The van der Waals surface area contributed by atoms with Crippen molar-refractivity contribution in [2.24, 2.45) is 0 Å². The second-order valence-electron chi connectivity index (χ2n) is 18.9. The summed E-state index contributed by atoms with van der Waals surface area (Å²) in [7, 11) is 4.51. The molecule has 0 aliphatic rings. The molecule has 442 valence electrons. The minimum atomic E-state index is -4.64. The molecule has 0 bridgehead atoms. The van der Waals surface area contributed by atoms with Gasteiger partial charge in [0.1, 0.15) is 28.3 Å². The van der Waals surface area contributed by atoms with Crippen molar-refractivity contribution >= 4 is 63.8 Å². The summed E-state index contributed by atoms with van der Waals surface area (Å²) in [6.07, 6.45) is 7.64. The standard InChI is InChI=1S/C34H37N5O4.C26H29N5O3.C2HF3O.CH4/c1-41-28-17-13-26(14-18-28)23-39-24-35-32-30(22-25-10-6-5-7-11-25)37-34(38-33(32)39)36-27-15-19-29(20-16-27)43-21-9-4-3-8-12-31(40)42-2;1-33-23(32)11-7-2-3-8-16-34-21-14-12-20(13-15-21)29-26-30-22(17-19-9-5-4-6-10-19)24-25(31-26)28-18-27-24;3-2(4,5)1-6;/h5-7,10-11,13-20,24H,3-4,8-9,12,21-23H2,1-2H3,(H,36,37,38);4-6,9-10,12-15,18H,2-3,7-8,11,16-17H2,1H3,(H2,27,28,29,30,31);1H;1H4. The van der Waals surface area contributed by atoms with Crippen LogP contribution in [0.4, 0.5) is 36.4 Å². The molecule has 0 saturated carbocycles. The molecular weight excluding hydrogens is 1080 g/mol. The highest BCUT2D eigenvalue weighted by atomic mass is 19.4. The third-order valence-electron chi connectivity index (χ3n) is 12.7. The van der Waals surface area contributed by atoms with Gasteiger partial charge in [-0.05, 0) is 103 Å². The van der Waals surface area contributed by atoms with Crippen molar-refractivity contribution in [2.75, 3.05) is 45.2 Å². The van der Waals surface area contributed by atoms with Crippen LogP contribution in [0.1, 0.15) is 99.7 Å². The summed E-state index contributed by atoms with van der Waals surface area (Å²) in [5, 5.41) is 6.65. The summed E-state index contributed by atoms with van der Waals surface area (Å²) in [5.41, 5.74) is 9.98. The number of halogens is 3. The van der Waals surface area contributed by atoms with E-state index in [1.54, 1.807) is 13.4 Å². The van der Waals surface area contributed by atoms with Gasteiger partial charge in [0.2, 0.25) is 18.2 Å². The van der Waals surface area contributed by atoms with Crippen molar-refractivity contribution in [2.45, 2.75) is 97.2 Å². The van der Waals surface area contributed by atoms with E-state index in [9.17, 15) is 22.8 Å². The number of benzene rings is 5. The van der Waals surface area contributed by atoms with Crippen LogP contribution in [0.3, 0.4) is 0 Å². The van der Waals surface area contributed by atoms with Crippen molar-refractivity contribution in [3.63, 3.8) is 0 Å². The lowest BCUT2D eigenvalue weighted by atomic mass is 10.1. The predicted octanol–water partition coefficient (Wildman–Crippen LogP) is 13.3. The molecular formula is C63H71F3N10O8. The highest BCUT2D eigenvalue weighted by molar-refractivity contribution is 5.77. The number of alkyl halides is 3. The number of methoxy groups -OCH3 is 3. The number of imidazole rings is 2. The first-order chi connectivity index (χ1) is 40.4. The molecule has 4 heterocycles. The molecule has 3 N–H and O–H groups in total. The van der Waals surface area contributed by atoms with Gasteiger partial charge in [0, 0.05) is 37.1 Å². The lowest BCUT2D eigenvalue weighted by Crippen LogP contribution is -2.07. The third kappa shape index (κ3) is 21.2. The largest absolute Gasteiger partial charge is 0.497 e. The first-order valence-electron chi connectivity index (χ1n) is 27.2. The van der Waals surface area contributed by atoms with E-state index >= 15 is 0 Å². The summed E-state index contributed by atoms with van der Waals surface area (Å²) in [6.45, 7) is 1.90. The Bertz CT molecular complexity index is 3400. The Hall–Kier alpha value is -9.40. The van der Waals surface area contributed by atoms with Gasteiger partial charge >= 0.3 is 18.1 Å². The second kappa shape index (κ2) is 33.5. The average molecular weight is 1150 g/mol. The van der Waals surface area contributed by atoms with Crippen molar-refractivity contribution in [3.05, 3.63) is 174 Å². The monoisotopic (exact) mass is 1150 g/mol. The van der Waals surface area contributed by atoms with Crippen molar-refractivity contribution < 1.29 is 51.2 Å². The van der Waals surface area contributed by atoms with E-state index in [1.165, 1.54) is 19.8 Å². The fourth-order valence-corrected chi connectivity index (χ4v) is 8.44. The lowest BCUT2D eigenvalue weighted by molar-refractivity contribution is -0.156. The summed E-state index contributed by atoms with van der Waals surface area (Å²) in [4.78, 5) is 62.2. The maximum atomic E-state index is 11.2. The zero-order valence-electron chi connectivity index (χ0n) is 46.6. The van der Waals surface area contributed by atoms with Gasteiger partial charge in [0.05, 0.1) is 65.1 Å². The predicted molar refractivity (Wildman–Crippen MR) is 317 cm³/mol. The van der Waals surface area contributed by atoms with Gasteiger partial charge in [-0.2, -0.15) is 23.1 Å². The first kappa shape index (κ1) is 63.8. The van der Waals surface area contributed by atoms with Crippen LogP contribution in [-0.2, 0) is 43.2 Å². The zero-order valence-corrected chi connectivity index (χ0v) is 46.6. The number of H-pyrrole nitrogens is 1. The fourth-order valence-electron chi connectivity index (χ4n) is 8.44. The highest BCUT2D eigenvalue weighted by Crippen LogP contribution is 2.26. The van der Waals surface area contributed by atoms with Gasteiger partial charge in [-0.25, -0.2) is 19.9 Å². The van der Waals surface area contributed by atoms with Crippen LogP contribution in [0.2, 0.25) is 0 Å². The maximum absolute atomic E-state index is 11.2. The molecule has 18 nitrogen and oxygen atoms in total. The zero-order chi connectivity index (χ0) is 58.7. The molecule has 9 aromatic rings. The Kier molecular flexibility index (Phi) is 25.4. The molecule has 0 atom stereocenters. The molecule has 0 fully saturated rings. The quantitative estimate of drug-likeness (QED) is 0.0248. The van der Waals surface area contributed by atoms with Gasteiger partial charge < -0.3 is 43.9 Å². The molecule has 9 rings (SSSR count). The number of nitrogens with one attached hydrogen (secondary N) is 3. The number of rotatable bonds is 27. The van der Waals surface area contributed by atoms with E-state index in [-0.39, 0.29) is 19.4 Å². The molecule has 0 radical (unpaired) electrons. The lowest BCUT2D eigenvalue weighted by Gasteiger charge is -2.11. The summed E-state index contributed by atoms with van der Waals surface area (Å²) < 4.78 is 59.7. The first-order valence-corrected chi connectivity index (χ1v) is 27.2. The molecule has 0 amide bonds. The van der Waals surface area contributed by atoms with E-state index < -0.39 is 12.5 Å². The van der Waals surface area contributed by atoms with Crippen LogP contribution in [0, 0.1) is 0 Å². The molecule has 0 saturated heterocycles. The smallest absolute Gasteiger partial charge is 0.446 e. The van der Waals surface area contributed by atoms with Crippen LogP contribution in [0.25, 0.3) is 22.3 Å². The number of hydrogen-bond donors (Lipinski definition) is 3. The number of aromatic nitrogens is 8. The van der Waals surface area contributed by atoms with Crippen molar-refractivity contribution in [1.29, 1.82) is 0 Å². The number of fused-ring (bicyclic) bond motifs is 2. The molecule has 4 aromatic heterocycles. The van der Waals surface area contributed by atoms with Crippen LogP contribution >= 0.6 is 0 Å². The van der Waals surface area contributed by atoms with E-state index in [0.717, 1.165) is 119 Å². The van der Waals surface area contributed by atoms with Crippen LogP contribution in [-0.4, -0.2) is 98.4 Å². The Balaban J connectivity index is 0.000000248. The van der Waals surface area contributed by atoms with Crippen LogP contribution in [0.5, 0.6) is 17.2 Å². The van der Waals surface area contributed by atoms with Gasteiger partial charge in [-0.15, -0.1) is 0 Å². The molecule has 5 aromatic carbocycles. The third-order valence-corrected chi connectivity index (χ3v) is 12.7. The Morgan fingerprint density at radius 3 is 1.55 bits per heavy atom. The summed E-state index contributed by atoms with van der Waals surface area (Å²) in [6, 6.07) is 44.0.